The zero-order chi connectivity index (χ0) is 19.0. The van der Waals surface area contributed by atoms with Crippen LogP contribution in [-0.2, 0) is 6.42 Å². The molecule has 0 aliphatic carbocycles. The molecule has 2 heterocycles. The number of hydrogen-bond acceptors (Lipinski definition) is 2. The van der Waals surface area contributed by atoms with Crippen LogP contribution in [0.3, 0.4) is 0 Å². The van der Waals surface area contributed by atoms with Gasteiger partial charge in [-0.2, -0.15) is 0 Å². The van der Waals surface area contributed by atoms with Crippen molar-refractivity contribution in [3.05, 3.63) is 58.1 Å². The molecule has 0 unspecified atom stereocenters. The molecule has 0 bridgehead atoms. The van der Waals surface area contributed by atoms with Crippen LogP contribution < -0.4 is 10.2 Å². The number of likely N-dealkylation sites (tertiary alicyclic amines) is 1. The number of fused-ring (bicyclic) bond motifs is 1. The number of urea groups is 1. The van der Waals surface area contributed by atoms with E-state index in [1.165, 1.54) is 0 Å². The Morgan fingerprint density at radius 2 is 1.78 bits per heavy atom. The van der Waals surface area contributed by atoms with Crippen LogP contribution >= 0.6 is 11.6 Å². The summed E-state index contributed by atoms with van der Waals surface area (Å²) in [7, 11) is 0. The number of benzene rings is 2. The summed E-state index contributed by atoms with van der Waals surface area (Å²) in [5.41, 5.74) is 3.85. The van der Waals surface area contributed by atoms with E-state index in [0.29, 0.717) is 22.8 Å². The molecule has 4 rings (SSSR count). The lowest BCUT2D eigenvalue weighted by Gasteiger charge is -2.22. The van der Waals surface area contributed by atoms with E-state index in [-0.39, 0.29) is 11.9 Å². The third-order valence-electron chi connectivity index (χ3n) is 5.34. The smallest absolute Gasteiger partial charge is 0.326 e. The van der Waals surface area contributed by atoms with Crippen molar-refractivity contribution >= 4 is 34.9 Å². The van der Waals surface area contributed by atoms with Gasteiger partial charge in [-0.25, -0.2) is 4.79 Å². The number of rotatable bonds is 2. The quantitative estimate of drug-likeness (QED) is 0.831. The van der Waals surface area contributed by atoms with Gasteiger partial charge >= 0.3 is 6.03 Å². The summed E-state index contributed by atoms with van der Waals surface area (Å²) in [6, 6.07) is 10.9. The second kappa shape index (κ2) is 7.24. The van der Waals surface area contributed by atoms with Crippen molar-refractivity contribution in [1.82, 2.24) is 4.90 Å². The fourth-order valence-electron chi connectivity index (χ4n) is 3.88. The van der Waals surface area contributed by atoms with Crippen LogP contribution in [0.15, 0.2) is 36.4 Å². The molecule has 1 saturated heterocycles. The lowest BCUT2D eigenvalue weighted by atomic mass is 10.1. The fourth-order valence-corrected chi connectivity index (χ4v) is 4.14. The topological polar surface area (TPSA) is 52.7 Å². The maximum absolute atomic E-state index is 13.0. The van der Waals surface area contributed by atoms with E-state index >= 15 is 0 Å². The van der Waals surface area contributed by atoms with Crippen molar-refractivity contribution in [3.8, 4) is 0 Å². The number of carbonyl (C=O) groups is 2. The normalized spacial score (nSPS) is 15.8. The number of amides is 3. The van der Waals surface area contributed by atoms with E-state index in [0.717, 1.165) is 49.2 Å². The first-order valence-corrected chi connectivity index (χ1v) is 9.69. The summed E-state index contributed by atoms with van der Waals surface area (Å²) in [5, 5.41) is 3.67. The molecule has 1 fully saturated rings. The van der Waals surface area contributed by atoms with Gasteiger partial charge in [-0.1, -0.05) is 29.8 Å². The van der Waals surface area contributed by atoms with E-state index in [9.17, 15) is 9.59 Å². The first-order chi connectivity index (χ1) is 13.1. The predicted octanol–water partition coefficient (Wildman–Crippen LogP) is 4.48. The van der Waals surface area contributed by atoms with E-state index in [1.807, 2.05) is 42.2 Å². The molecule has 0 aromatic heterocycles. The highest BCUT2D eigenvalue weighted by atomic mass is 35.5. The Morgan fingerprint density at radius 3 is 2.56 bits per heavy atom. The molecule has 1 N–H and O–H groups in total. The van der Waals surface area contributed by atoms with Gasteiger partial charge < -0.3 is 10.2 Å². The van der Waals surface area contributed by atoms with Crippen molar-refractivity contribution in [1.29, 1.82) is 0 Å². The van der Waals surface area contributed by atoms with E-state index in [1.54, 1.807) is 11.0 Å². The molecule has 0 spiro atoms. The first-order valence-electron chi connectivity index (χ1n) is 9.31. The Balaban J connectivity index is 1.61. The van der Waals surface area contributed by atoms with Crippen molar-refractivity contribution in [2.24, 2.45) is 0 Å². The maximum atomic E-state index is 13.0. The summed E-state index contributed by atoms with van der Waals surface area (Å²) >= 11 is 6.26. The standard InChI is InChI=1S/C21H22ClN3O2/c1-14-6-4-7-16(20(26)24-11-2-3-12-24)19(14)23-21(27)25-13-10-15-17(22)8-5-9-18(15)25/h4-9H,2-3,10-13H2,1H3,(H,23,27). The minimum Gasteiger partial charge on any atom is -0.339 e. The van der Waals surface area contributed by atoms with Gasteiger partial charge in [0.15, 0.2) is 0 Å². The third kappa shape index (κ3) is 3.28. The maximum Gasteiger partial charge on any atom is 0.326 e. The van der Waals surface area contributed by atoms with Crippen molar-refractivity contribution in [2.75, 3.05) is 29.9 Å². The van der Waals surface area contributed by atoms with Gasteiger partial charge in [0.2, 0.25) is 0 Å². The molecule has 2 aromatic rings. The molecular formula is C21H22ClN3O2. The summed E-state index contributed by atoms with van der Waals surface area (Å²) in [5.74, 6) is -0.0173. The van der Waals surface area contributed by atoms with Gasteiger partial charge in [0.05, 0.1) is 16.9 Å². The molecule has 140 valence electrons. The Bertz CT molecular complexity index is 906. The highest BCUT2D eigenvalue weighted by Crippen LogP contribution is 2.34. The van der Waals surface area contributed by atoms with Crippen LogP contribution in [0.1, 0.15) is 34.3 Å². The number of para-hydroxylation sites is 1. The highest BCUT2D eigenvalue weighted by molar-refractivity contribution is 6.32. The van der Waals surface area contributed by atoms with Crippen molar-refractivity contribution in [3.63, 3.8) is 0 Å². The van der Waals surface area contributed by atoms with Gasteiger partial charge in [0, 0.05) is 24.7 Å². The molecular weight excluding hydrogens is 362 g/mol. The van der Waals surface area contributed by atoms with Crippen molar-refractivity contribution < 1.29 is 9.59 Å². The van der Waals surface area contributed by atoms with Crippen LogP contribution in [-0.4, -0.2) is 36.5 Å². The summed E-state index contributed by atoms with van der Waals surface area (Å²) < 4.78 is 0. The molecule has 0 radical (unpaired) electrons. The number of anilines is 2. The van der Waals surface area contributed by atoms with E-state index in [2.05, 4.69) is 5.32 Å². The summed E-state index contributed by atoms with van der Waals surface area (Å²) in [6.07, 6.45) is 2.80. The Morgan fingerprint density at radius 1 is 1.04 bits per heavy atom. The molecule has 3 amide bonds. The minimum atomic E-state index is -0.235. The van der Waals surface area contributed by atoms with Gasteiger partial charge in [-0.05, 0) is 55.5 Å². The van der Waals surface area contributed by atoms with Crippen LogP contribution in [0.2, 0.25) is 5.02 Å². The second-order valence-electron chi connectivity index (χ2n) is 7.07. The molecule has 2 aliphatic heterocycles. The second-order valence-corrected chi connectivity index (χ2v) is 7.47. The number of nitrogens with one attached hydrogen (secondary N) is 1. The predicted molar refractivity (Wildman–Crippen MR) is 108 cm³/mol. The number of aryl methyl sites for hydroxylation is 1. The minimum absolute atomic E-state index is 0.0173. The SMILES string of the molecule is Cc1cccc(C(=O)N2CCCC2)c1NC(=O)N1CCc2c(Cl)cccc21. The van der Waals surface area contributed by atoms with Crippen molar-refractivity contribution in [2.45, 2.75) is 26.2 Å². The third-order valence-corrected chi connectivity index (χ3v) is 5.70. The van der Waals surface area contributed by atoms with Crippen LogP contribution in [0.25, 0.3) is 0 Å². The zero-order valence-electron chi connectivity index (χ0n) is 15.3. The molecule has 5 nitrogen and oxygen atoms in total. The van der Waals surface area contributed by atoms with Gasteiger partial charge in [0.25, 0.3) is 5.91 Å². The highest BCUT2D eigenvalue weighted by Gasteiger charge is 2.28. The molecule has 27 heavy (non-hydrogen) atoms. The van der Waals surface area contributed by atoms with Crippen LogP contribution in [0, 0.1) is 6.92 Å². The van der Waals surface area contributed by atoms with Crippen LogP contribution in [0.4, 0.5) is 16.2 Å². The lowest BCUT2D eigenvalue weighted by Crippen LogP contribution is -2.35. The monoisotopic (exact) mass is 383 g/mol. The molecule has 0 saturated carbocycles. The van der Waals surface area contributed by atoms with Gasteiger partial charge in [-0.15, -0.1) is 0 Å². The van der Waals surface area contributed by atoms with E-state index in [4.69, 9.17) is 11.6 Å². The number of nitrogens with zero attached hydrogens (tertiary/aromatic N) is 2. The summed E-state index contributed by atoms with van der Waals surface area (Å²) in [4.78, 5) is 29.4. The Hall–Kier alpha value is -2.53. The first kappa shape index (κ1) is 17.9. The summed E-state index contributed by atoms with van der Waals surface area (Å²) in [6.45, 7) is 4.04. The number of hydrogen-bond donors (Lipinski definition) is 1. The van der Waals surface area contributed by atoms with Crippen LogP contribution in [0.5, 0.6) is 0 Å². The number of carbonyl (C=O) groups excluding carboxylic acids is 2. The average Bonchev–Trinajstić information content (AvgIpc) is 3.33. The molecule has 2 aromatic carbocycles. The van der Waals surface area contributed by atoms with Gasteiger partial charge in [-0.3, -0.25) is 9.69 Å². The lowest BCUT2D eigenvalue weighted by molar-refractivity contribution is 0.0794. The average molecular weight is 384 g/mol. The van der Waals surface area contributed by atoms with E-state index < -0.39 is 0 Å². The molecule has 6 heteroatoms. The van der Waals surface area contributed by atoms with Gasteiger partial charge in [0.1, 0.15) is 0 Å². The largest absolute Gasteiger partial charge is 0.339 e. The Labute approximate surface area is 163 Å². The molecule has 0 atom stereocenters. The molecule has 2 aliphatic rings. The Kier molecular flexibility index (Phi) is 4.79. The number of halogens is 1. The zero-order valence-corrected chi connectivity index (χ0v) is 16.1. The fraction of sp³-hybridized carbons (Fsp3) is 0.333.